The highest BCUT2D eigenvalue weighted by Crippen LogP contribution is 2.32. The molecule has 9 nitrogen and oxygen atoms in total. The van der Waals surface area contributed by atoms with Crippen molar-refractivity contribution in [3.63, 3.8) is 0 Å². The minimum absolute atomic E-state index is 0.0387. The Hall–Kier alpha value is -3.07. The van der Waals surface area contributed by atoms with Gasteiger partial charge in [-0.1, -0.05) is 13.8 Å². The van der Waals surface area contributed by atoms with Gasteiger partial charge in [0.25, 0.3) is 0 Å². The van der Waals surface area contributed by atoms with E-state index in [1.807, 2.05) is 32.9 Å². The van der Waals surface area contributed by atoms with Gasteiger partial charge in [0, 0.05) is 30.9 Å². The highest BCUT2D eigenvalue weighted by molar-refractivity contribution is 5.95. The summed E-state index contributed by atoms with van der Waals surface area (Å²) in [6.07, 6.45) is 4.86. The number of carbonyl (C=O) groups excluding carboxylic acids is 2. The van der Waals surface area contributed by atoms with Crippen molar-refractivity contribution in [3.05, 3.63) is 30.8 Å². The molecule has 1 fully saturated rings. The first kappa shape index (κ1) is 26.5. The van der Waals surface area contributed by atoms with Gasteiger partial charge in [-0.15, -0.1) is 0 Å². The first-order valence-corrected chi connectivity index (χ1v) is 12.2. The fourth-order valence-electron chi connectivity index (χ4n) is 4.25. The number of alkyl carbamates (subject to hydrolysis) is 1. The van der Waals surface area contributed by atoms with Crippen LogP contribution in [-0.2, 0) is 9.53 Å². The molecule has 0 spiro atoms. The largest absolute Gasteiger partial charge is 0.496 e. The number of nitrogens with zero attached hydrogens (tertiary/aromatic N) is 2. The third-order valence-corrected chi connectivity index (χ3v) is 5.86. The molecule has 192 valence electrons. The highest BCUT2D eigenvalue weighted by atomic mass is 16.6. The number of hydrogen-bond acceptors (Lipinski definition) is 7. The normalized spacial score (nSPS) is 16.1. The molecule has 3 rings (SSSR count). The quantitative estimate of drug-likeness (QED) is 0.557. The van der Waals surface area contributed by atoms with Crippen LogP contribution >= 0.6 is 0 Å². The number of methoxy groups -OCH3 is 1. The number of anilines is 1. The van der Waals surface area contributed by atoms with Crippen LogP contribution < -0.4 is 15.4 Å². The van der Waals surface area contributed by atoms with Crippen molar-refractivity contribution < 1.29 is 23.5 Å². The average Bonchev–Trinajstić information content (AvgIpc) is 3.31. The second-order valence-electron chi connectivity index (χ2n) is 10.4. The van der Waals surface area contributed by atoms with Crippen molar-refractivity contribution in [2.45, 2.75) is 71.6 Å². The second-order valence-corrected chi connectivity index (χ2v) is 10.4. The minimum Gasteiger partial charge on any atom is -0.496 e. The van der Waals surface area contributed by atoms with Crippen LogP contribution in [0, 0.1) is 5.92 Å². The summed E-state index contributed by atoms with van der Waals surface area (Å²) < 4.78 is 16.3. The Morgan fingerprint density at radius 1 is 1.23 bits per heavy atom. The van der Waals surface area contributed by atoms with E-state index in [1.54, 1.807) is 19.4 Å². The van der Waals surface area contributed by atoms with Crippen molar-refractivity contribution in [2.75, 3.05) is 25.5 Å². The lowest BCUT2D eigenvalue weighted by atomic mass is 9.97. The molecule has 0 aliphatic carbocycles. The summed E-state index contributed by atoms with van der Waals surface area (Å²) in [6, 6.07) is 5.25. The zero-order valence-corrected chi connectivity index (χ0v) is 21.6. The number of oxazole rings is 1. The summed E-state index contributed by atoms with van der Waals surface area (Å²) in [4.78, 5) is 31.7. The number of carbonyl (C=O) groups is 2. The third-order valence-electron chi connectivity index (χ3n) is 5.86. The number of benzene rings is 1. The van der Waals surface area contributed by atoms with Crippen molar-refractivity contribution >= 4 is 17.7 Å². The molecule has 2 amide bonds. The van der Waals surface area contributed by atoms with Crippen LogP contribution in [0.2, 0.25) is 0 Å². The number of amides is 2. The van der Waals surface area contributed by atoms with Crippen LogP contribution in [0.15, 0.2) is 35.2 Å². The maximum Gasteiger partial charge on any atom is 0.407 e. The van der Waals surface area contributed by atoms with Crippen LogP contribution in [0.4, 0.5) is 10.5 Å². The Kier molecular flexibility index (Phi) is 8.77. The standard InChI is InChI=1S/C26H38N4O5/c1-17(2)13-21(30-11-9-18(10-12-30)29-25(32)35-26(3,4)5)24(31)28-19-7-8-20(22(14-19)33-6)23-15-27-16-34-23/h7-8,14-18,21H,9-13H2,1-6H3,(H,28,31)(H,29,32). The van der Waals surface area contributed by atoms with Gasteiger partial charge in [0.2, 0.25) is 5.91 Å². The molecule has 1 aliphatic heterocycles. The SMILES string of the molecule is COc1cc(NC(=O)C(CC(C)C)N2CCC(NC(=O)OC(C)(C)C)CC2)ccc1-c1cnco1. The molecule has 1 aromatic heterocycles. The van der Waals surface area contributed by atoms with Gasteiger partial charge in [-0.05, 0) is 58.1 Å². The van der Waals surface area contributed by atoms with E-state index in [1.165, 1.54) is 6.39 Å². The van der Waals surface area contributed by atoms with Crippen molar-refractivity contribution in [3.8, 4) is 17.1 Å². The lowest BCUT2D eigenvalue weighted by molar-refractivity contribution is -0.122. The van der Waals surface area contributed by atoms with Gasteiger partial charge in [-0.2, -0.15) is 0 Å². The molecular weight excluding hydrogens is 448 g/mol. The summed E-state index contributed by atoms with van der Waals surface area (Å²) in [6.45, 7) is 11.2. The van der Waals surface area contributed by atoms with Crippen molar-refractivity contribution in [1.29, 1.82) is 0 Å². The Morgan fingerprint density at radius 2 is 1.94 bits per heavy atom. The highest BCUT2D eigenvalue weighted by Gasteiger charge is 2.31. The summed E-state index contributed by atoms with van der Waals surface area (Å²) in [5.74, 6) is 1.49. The molecule has 2 heterocycles. The molecule has 1 unspecified atom stereocenters. The molecule has 35 heavy (non-hydrogen) atoms. The first-order valence-electron chi connectivity index (χ1n) is 12.2. The summed E-state index contributed by atoms with van der Waals surface area (Å²) in [5, 5.41) is 6.02. The van der Waals surface area contributed by atoms with E-state index in [0.717, 1.165) is 37.9 Å². The lowest BCUT2D eigenvalue weighted by Crippen LogP contribution is -2.52. The van der Waals surface area contributed by atoms with E-state index in [2.05, 4.69) is 34.4 Å². The van der Waals surface area contributed by atoms with Gasteiger partial charge in [0.1, 0.15) is 11.4 Å². The topological polar surface area (TPSA) is 106 Å². The predicted molar refractivity (Wildman–Crippen MR) is 134 cm³/mol. The van der Waals surface area contributed by atoms with E-state index < -0.39 is 11.7 Å². The number of hydrogen-bond donors (Lipinski definition) is 2. The molecule has 1 aliphatic rings. The predicted octanol–water partition coefficient (Wildman–Crippen LogP) is 4.69. The van der Waals surface area contributed by atoms with Crippen LogP contribution in [0.3, 0.4) is 0 Å². The van der Waals surface area contributed by atoms with E-state index in [9.17, 15) is 9.59 Å². The van der Waals surface area contributed by atoms with Gasteiger partial charge in [-0.3, -0.25) is 9.69 Å². The fraction of sp³-hybridized carbons (Fsp3) is 0.577. The molecule has 0 radical (unpaired) electrons. The molecule has 2 aromatic rings. The maximum atomic E-state index is 13.4. The number of likely N-dealkylation sites (tertiary alicyclic amines) is 1. The van der Waals surface area contributed by atoms with Gasteiger partial charge in [0.15, 0.2) is 12.2 Å². The molecule has 1 aromatic carbocycles. The summed E-state index contributed by atoms with van der Waals surface area (Å²) in [7, 11) is 1.58. The molecule has 1 atom stereocenters. The van der Waals surface area contributed by atoms with Gasteiger partial charge >= 0.3 is 6.09 Å². The molecular formula is C26H38N4O5. The van der Waals surface area contributed by atoms with Crippen molar-refractivity contribution in [1.82, 2.24) is 15.2 Å². The molecule has 9 heteroatoms. The molecule has 0 bridgehead atoms. The lowest BCUT2D eigenvalue weighted by Gasteiger charge is -2.37. The molecule has 0 saturated carbocycles. The minimum atomic E-state index is -0.527. The van der Waals surface area contributed by atoms with E-state index in [0.29, 0.717) is 23.1 Å². The maximum absolute atomic E-state index is 13.4. The van der Waals surface area contributed by atoms with Crippen LogP contribution in [0.25, 0.3) is 11.3 Å². The number of rotatable bonds is 8. The number of piperidine rings is 1. The fourth-order valence-corrected chi connectivity index (χ4v) is 4.25. The van der Waals surface area contributed by atoms with E-state index >= 15 is 0 Å². The Bertz CT molecular complexity index is 976. The first-order chi connectivity index (χ1) is 16.6. The molecule has 1 saturated heterocycles. The Labute approximate surface area is 207 Å². The van der Waals surface area contributed by atoms with Crippen LogP contribution in [0.5, 0.6) is 5.75 Å². The molecule has 2 N–H and O–H groups in total. The van der Waals surface area contributed by atoms with Crippen LogP contribution in [-0.4, -0.2) is 59.8 Å². The Balaban J connectivity index is 1.63. The van der Waals surface area contributed by atoms with Crippen LogP contribution in [0.1, 0.15) is 53.9 Å². The average molecular weight is 487 g/mol. The Morgan fingerprint density at radius 3 is 2.51 bits per heavy atom. The van der Waals surface area contributed by atoms with Crippen molar-refractivity contribution in [2.24, 2.45) is 5.92 Å². The zero-order valence-electron chi connectivity index (χ0n) is 21.6. The van der Waals surface area contributed by atoms with E-state index in [-0.39, 0.29) is 18.0 Å². The monoisotopic (exact) mass is 486 g/mol. The number of nitrogens with one attached hydrogen (secondary N) is 2. The van der Waals surface area contributed by atoms with Gasteiger partial charge in [-0.25, -0.2) is 9.78 Å². The second kappa shape index (κ2) is 11.6. The third kappa shape index (κ3) is 7.71. The van der Waals surface area contributed by atoms with Gasteiger partial charge < -0.3 is 24.5 Å². The zero-order chi connectivity index (χ0) is 25.6. The van der Waals surface area contributed by atoms with Gasteiger partial charge in [0.05, 0.1) is 24.9 Å². The summed E-state index contributed by atoms with van der Waals surface area (Å²) in [5.41, 5.74) is 0.896. The smallest absolute Gasteiger partial charge is 0.407 e. The number of ether oxygens (including phenoxy) is 2. The van der Waals surface area contributed by atoms with E-state index in [4.69, 9.17) is 13.9 Å². The summed E-state index contributed by atoms with van der Waals surface area (Å²) >= 11 is 0. The number of aromatic nitrogens is 1.